The molecule has 2 atom stereocenters. The Morgan fingerprint density at radius 1 is 1.36 bits per heavy atom. The minimum atomic E-state index is -0.108. The van der Waals surface area contributed by atoms with Crippen molar-refractivity contribution >= 4 is 0 Å². The van der Waals surface area contributed by atoms with Crippen molar-refractivity contribution in [1.82, 2.24) is 4.90 Å². The number of aliphatic hydroxyl groups is 1. The molecule has 0 aromatic heterocycles. The van der Waals surface area contributed by atoms with Crippen LogP contribution in [0.4, 0.5) is 0 Å². The maximum Gasteiger partial charge on any atom is 0.0753 e. The van der Waals surface area contributed by atoms with E-state index in [9.17, 15) is 5.11 Å². The largest absolute Gasteiger partial charge is 0.391 e. The van der Waals surface area contributed by atoms with E-state index in [0.717, 1.165) is 32.5 Å². The van der Waals surface area contributed by atoms with Gasteiger partial charge >= 0.3 is 0 Å². The fourth-order valence-electron chi connectivity index (χ4n) is 2.68. The molecule has 1 N–H and O–H groups in total. The Labute approximate surface area is 86.0 Å². The highest BCUT2D eigenvalue weighted by Gasteiger charge is 2.36. The van der Waals surface area contributed by atoms with Crippen molar-refractivity contribution in [3.63, 3.8) is 0 Å². The summed E-state index contributed by atoms with van der Waals surface area (Å²) in [6, 6.07) is 0.387. The van der Waals surface area contributed by atoms with Crippen LogP contribution in [0.3, 0.4) is 0 Å². The van der Waals surface area contributed by atoms with Crippen LogP contribution in [0.15, 0.2) is 0 Å². The van der Waals surface area contributed by atoms with Crippen LogP contribution in [0.25, 0.3) is 0 Å². The van der Waals surface area contributed by atoms with Crippen LogP contribution in [0.1, 0.15) is 33.1 Å². The molecule has 2 rings (SSSR count). The summed E-state index contributed by atoms with van der Waals surface area (Å²) in [5.41, 5.74) is -0.0411. The predicted octanol–water partition coefficient (Wildman–Crippen LogP) is 1.01. The topological polar surface area (TPSA) is 32.7 Å². The van der Waals surface area contributed by atoms with Crippen LogP contribution in [-0.4, -0.2) is 47.4 Å². The molecule has 0 amide bonds. The maximum absolute atomic E-state index is 9.83. The molecule has 2 unspecified atom stereocenters. The van der Waals surface area contributed by atoms with Crippen LogP contribution in [-0.2, 0) is 4.74 Å². The molecule has 14 heavy (non-hydrogen) atoms. The number of aliphatic hydroxyl groups excluding tert-OH is 1. The van der Waals surface area contributed by atoms with Gasteiger partial charge in [-0.3, -0.25) is 4.90 Å². The summed E-state index contributed by atoms with van der Waals surface area (Å²) < 4.78 is 5.67. The zero-order valence-corrected chi connectivity index (χ0v) is 9.20. The van der Waals surface area contributed by atoms with E-state index >= 15 is 0 Å². The highest BCUT2D eigenvalue weighted by molar-refractivity contribution is 4.90. The monoisotopic (exact) mass is 199 g/mol. The van der Waals surface area contributed by atoms with Gasteiger partial charge in [0.25, 0.3) is 0 Å². The van der Waals surface area contributed by atoms with E-state index < -0.39 is 0 Å². The van der Waals surface area contributed by atoms with Crippen molar-refractivity contribution in [3.05, 3.63) is 0 Å². The summed E-state index contributed by atoms with van der Waals surface area (Å²) >= 11 is 0. The van der Waals surface area contributed by atoms with Crippen LogP contribution in [0, 0.1) is 0 Å². The van der Waals surface area contributed by atoms with Gasteiger partial charge in [0.1, 0.15) is 0 Å². The first-order valence-corrected chi connectivity index (χ1v) is 5.65. The number of rotatable bonds is 1. The summed E-state index contributed by atoms with van der Waals surface area (Å²) in [4.78, 5) is 2.40. The quantitative estimate of drug-likeness (QED) is 0.684. The molecule has 1 saturated heterocycles. The molecule has 2 aliphatic rings. The third-order valence-electron chi connectivity index (χ3n) is 3.37. The third kappa shape index (κ3) is 2.10. The van der Waals surface area contributed by atoms with Gasteiger partial charge in [-0.15, -0.1) is 0 Å². The van der Waals surface area contributed by atoms with Crippen molar-refractivity contribution in [2.45, 2.75) is 50.9 Å². The summed E-state index contributed by atoms with van der Waals surface area (Å²) in [5, 5.41) is 9.83. The standard InChI is InChI=1S/C11H21NO2/c1-11(2)8-12(6-7-14-11)9-4-3-5-10(9)13/h9-10,13H,3-8H2,1-2H3. The van der Waals surface area contributed by atoms with Gasteiger partial charge < -0.3 is 9.84 Å². The van der Waals surface area contributed by atoms with Gasteiger partial charge in [-0.2, -0.15) is 0 Å². The lowest BCUT2D eigenvalue weighted by molar-refractivity contribution is -0.106. The molecule has 1 heterocycles. The second kappa shape index (κ2) is 3.80. The molecule has 3 heteroatoms. The summed E-state index contributed by atoms with van der Waals surface area (Å²) in [7, 11) is 0. The van der Waals surface area contributed by atoms with Gasteiger partial charge in [0.15, 0.2) is 0 Å². The lowest BCUT2D eigenvalue weighted by atomic mass is 10.0. The molecule has 0 bridgehead atoms. The molecule has 1 aliphatic carbocycles. The average molecular weight is 199 g/mol. The van der Waals surface area contributed by atoms with E-state index in [1.54, 1.807) is 0 Å². The SMILES string of the molecule is CC1(C)CN(C2CCCC2O)CCO1. The fraction of sp³-hybridized carbons (Fsp3) is 1.00. The highest BCUT2D eigenvalue weighted by atomic mass is 16.5. The van der Waals surface area contributed by atoms with Gasteiger partial charge in [0, 0.05) is 19.1 Å². The number of hydrogen-bond donors (Lipinski definition) is 1. The number of hydrogen-bond acceptors (Lipinski definition) is 3. The van der Waals surface area contributed by atoms with Gasteiger partial charge in [0.05, 0.1) is 18.3 Å². The van der Waals surface area contributed by atoms with Gasteiger partial charge in [-0.1, -0.05) is 0 Å². The van der Waals surface area contributed by atoms with Crippen molar-refractivity contribution < 1.29 is 9.84 Å². The van der Waals surface area contributed by atoms with Gasteiger partial charge in [-0.05, 0) is 33.1 Å². The average Bonchev–Trinajstić information content (AvgIpc) is 2.49. The van der Waals surface area contributed by atoms with E-state index in [4.69, 9.17) is 4.74 Å². The smallest absolute Gasteiger partial charge is 0.0753 e. The minimum Gasteiger partial charge on any atom is -0.391 e. The molecule has 0 aromatic carbocycles. The van der Waals surface area contributed by atoms with E-state index in [1.807, 2.05) is 0 Å². The van der Waals surface area contributed by atoms with Gasteiger partial charge in [-0.25, -0.2) is 0 Å². The zero-order chi connectivity index (χ0) is 10.2. The van der Waals surface area contributed by atoms with Crippen LogP contribution < -0.4 is 0 Å². The number of ether oxygens (including phenoxy) is 1. The van der Waals surface area contributed by atoms with Crippen molar-refractivity contribution in [2.75, 3.05) is 19.7 Å². The molecule has 0 spiro atoms. The van der Waals surface area contributed by atoms with Crippen LogP contribution >= 0.6 is 0 Å². The molecule has 1 saturated carbocycles. The summed E-state index contributed by atoms with van der Waals surface area (Å²) in [5.74, 6) is 0. The van der Waals surface area contributed by atoms with Crippen molar-refractivity contribution in [3.8, 4) is 0 Å². The maximum atomic E-state index is 9.83. The van der Waals surface area contributed by atoms with E-state index in [2.05, 4.69) is 18.7 Å². The fourth-order valence-corrected chi connectivity index (χ4v) is 2.68. The molecule has 0 radical (unpaired) electrons. The lowest BCUT2D eigenvalue weighted by Crippen LogP contribution is -2.53. The Bertz CT molecular complexity index is 205. The molecule has 3 nitrogen and oxygen atoms in total. The van der Waals surface area contributed by atoms with Crippen molar-refractivity contribution in [1.29, 1.82) is 0 Å². The number of nitrogens with zero attached hydrogens (tertiary/aromatic N) is 1. The third-order valence-corrected chi connectivity index (χ3v) is 3.37. The van der Waals surface area contributed by atoms with Crippen molar-refractivity contribution in [2.24, 2.45) is 0 Å². The second-order valence-electron chi connectivity index (χ2n) is 5.14. The Morgan fingerprint density at radius 2 is 2.14 bits per heavy atom. The van der Waals surface area contributed by atoms with E-state index in [1.165, 1.54) is 6.42 Å². The Kier molecular flexibility index (Phi) is 2.82. The van der Waals surface area contributed by atoms with Gasteiger partial charge in [0.2, 0.25) is 0 Å². The predicted molar refractivity (Wildman–Crippen MR) is 55.2 cm³/mol. The highest BCUT2D eigenvalue weighted by Crippen LogP contribution is 2.27. The first-order valence-electron chi connectivity index (χ1n) is 5.65. The lowest BCUT2D eigenvalue weighted by Gasteiger charge is -2.42. The molecular weight excluding hydrogens is 178 g/mol. The Balaban J connectivity index is 1.97. The second-order valence-corrected chi connectivity index (χ2v) is 5.14. The molecule has 0 aromatic rings. The summed E-state index contributed by atoms with van der Waals surface area (Å²) in [6.07, 6.45) is 3.19. The summed E-state index contributed by atoms with van der Waals surface area (Å²) in [6.45, 7) is 6.98. The molecule has 2 fully saturated rings. The van der Waals surface area contributed by atoms with E-state index in [0.29, 0.717) is 6.04 Å². The Morgan fingerprint density at radius 3 is 2.71 bits per heavy atom. The number of morpholine rings is 1. The Hall–Kier alpha value is -0.120. The van der Waals surface area contributed by atoms with Crippen LogP contribution in [0.2, 0.25) is 0 Å². The first kappa shape index (κ1) is 10.4. The zero-order valence-electron chi connectivity index (χ0n) is 9.20. The normalized spacial score (nSPS) is 38.8. The minimum absolute atomic E-state index is 0.0411. The molecular formula is C11H21NO2. The first-order chi connectivity index (χ1) is 6.58. The molecule has 82 valence electrons. The van der Waals surface area contributed by atoms with Crippen LogP contribution in [0.5, 0.6) is 0 Å². The van der Waals surface area contributed by atoms with E-state index in [-0.39, 0.29) is 11.7 Å². The molecule has 1 aliphatic heterocycles.